The van der Waals surface area contributed by atoms with Crippen molar-refractivity contribution in [3.05, 3.63) is 29.8 Å². The number of carboxylic acid groups (broad SMARTS) is 1. The summed E-state index contributed by atoms with van der Waals surface area (Å²) in [6.07, 6.45) is 2.52. The Balaban J connectivity index is 1.91. The summed E-state index contributed by atoms with van der Waals surface area (Å²) in [5.74, 6) is -0.982. The molecule has 0 aromatic heterocycles. The zero-order chi connectivity index (χ0) is 12.0. The smallest absolute Gasteiger partial charge is 0.335 e. The van der Waals surface area contributed by atoms with Crippen LogP contribution >= 0.6 is 0 Å². The van der Waals surface area contributed by atoms with Crippen molar-refractivity contribution in [3.63, 3.8) is 0 Å². The summed E-state index contributed by atoms with van der Waals surface area (Å²) in [4.78, 5) is 22.7. The average Bonchev–Trinajstić information content (AvgIpc) is 2.96. The van der Waals surface area contributed by atoms with Gasteiger partial charge in [-0.2, -0.15) is 0 Å². The topological polar surface area (TPSA) is 69.6 Å². The molecular weight excluding hydrogens is 220 g/mol. The molecule has 2 fully saturated rings. The molecule has 1 aromatic rings. The first kappa shape index (κ1) is 10.3. The first-order chi connectivity index (χ1) is 8.10. The van der Waals surface area contributed by atoms with Gasteiger partial charge in [-0.25, -0.2) is 15.2 Å². The van der Waals surface area contributed by atoms with Gasteiger partial charge in [-0.15, -0.1) is 0 Å². The van der Waals surface area contributed by atoms with E-state index in [1.165, 1.54) is 17.1 Å². The minimum absolute atomic E-state index is 0.00467. The van der Waals surface area contributed by atoms with Gasteiger partial charge in [0.15, 0.2) is 0 Å². The lowest BCUT2D eigenvalue weighted by Gasteiger charge is -2.17. The maximum atomic E-state index is 11.8. The van der Waals surface area contributed by atoms with Crippen LogP contribution in [0.5, 0.6) is 0 Å². The van der Waals surface area contributed by atoms with Gasteiger partial charge in [-0.3, -0.25) is 4.79 Å². The van der Waals surface area contributed by atoms with Crippen LogP contribution in [-0.2, 0) is 4.79 Å². The number of carbonyl (C=O) groups excluding carboxylic acids is 1. The fraction of sp³-hybridized carbons (Fsp3) is 0.333. The minimum atomic E-state index is -0.986. The van der Waals surface area contributed by atoms with E-state index in [9.17, 15) is 9.59 Å². The highest BCUT2D eigenvalue weighted by molar-refractivity contribution is 5.97. The third-order valence-corrected chi connectivity index (χ3v) is 3.29. The second-order valence-corrected chi connectivity index (χ2v) is 4.65. The van der Waals surface area contributed by atoms with Crippen molar-refractivity contribution in [1.29, 1.82) is 0 Å². The second kappa shape index (κ2) is 3.30. The van der Waals surface area contributed by atoms with Crippen molar-refractivity contribution in [2.24, 2.45) is 0 Å². The number of hydrogen-bond donors (Lipinski definition) is 2. The van der Waals surface area contributed by atoms with Crippen LogP contribution in [0, 0.1) is 0 Å². The number of nitrogens with zero attached hydrogens (tertiary/aromatic N) is 1. The van der Waals surface area contributed by atoms with E-state index in [0.29, 0.717) is 12.1 Å². The Morgan fingerprint density at radius 3 is 2.76 bits per heavy atom. The van der Waals surface area contributed by atoms with Gasteiger partial charge < -0.3 is 5.11 Å². The van der Waals surface area contributed by atoms with E-state index in [0.717, 1.165) is 12.8 Å². The number of hydrazine groups is 1. The van der Waals surface area contributed by atoms with Crippen molar-refractivity contribution in [2.45, 2.75) is 24.8 Å². The largest absolute Gasteiger partial charge is 0.478 e. The Kier molecular flexibility index (Phi) is 2.00. The number of benzene rings is 1. The molecule has 1 aliphatic carbocycles. The lowest BCUT2D eigenvalue weighted by molar-refractivity contribution is -0.117. The summed E-state index contributed by atoms with van der Waals surface area (Å²) in [7, 11) is 0. The molecule has 3 rings (SSSR count). The Morgan fingerprint density at radius 1 is 1.41 bits per heavy atom. The molecule has 2 N–H and O–H groups in total. The molecular formula is C12H12N2O3. The predicted octanol–water partition coefficient (Wildman–Crippen LogP) is 1.16. The van der Waals surface area contributed by atoms with E-state index < -0.39 is 5.97 Å². The Labute approximate surface area is 98.0 Å². The maximum Gasteiger partial charge on any atom is 0.335 e. The summed E-state index contributed by atoms with van der Waals surface area (Å²) >= 11 is 0. The van der Waals surface area contributed by atoms with Crippen molar-refractivity contribution >= 4 is 17.6 Å². The van der Waals surface area contributed by atoms with Gasteiger partial charge in [0.05, 0.1) is 11.3 Å². The third-order valence-electron chi connectivity index (χ3n) is 3.29. The van der Waals surface area contributed by atoms with Gasteiger partial charge >= 0.3 is 5.97 Å². The third kappa shape index (κ3) is 1.68. The second-order valence-electron chi connectivity index (χ2n) is 4.65. The van der Waals surface area contributed by atoms with Crippen LogP contribution in [0.15, 0.2) is 24.3 Å². The molecule has 0 radical (unpaired) electrons. The van der Waals surface area contributed by atoms with E-state index >= 15 is 0 Å². The predicted molar refractivity (Wildman–Crippen MR) is 60.6 cm³/mol. The lowest BCUT2D eigenvalue weighted by Crippen LogP contribution is -2.38. The van der Waals surface area contributed by atoms with Gasteiger partial charge in [0.25, 0.3) is 0 Å². The van der Waals surface area contributed by atoms with Gasteiger partial charge in [0.2, 0.25) is 5.91 Å². The molecule has 5 nitrogen and oxygen atoms in total. The summed E-state index contributed by atoms with van der Waals surface area (Å²) in [6.45, 7) is 0. The van der Waals surface area contributed by atoms with Crippen LogP contribution in [0.1, 0.15) is 29.6 Å². The Bertz CT molecular complexity index is 508. The van der Waals surface area contributed by atoms with Gasteiger partial charge in [-0.1, -0.05) is 6.07 Å². The number of hydrogen-bond acceptors (Lipinski definition) is 3. The zero-order valence-electron chi connectivity index (χ0n) is 9.14. The van der Waals surface area contributed by atoms with Crippen LogP contribution < -0.4 is 10.4 Å². The molecule has 5 heteroatoms. The van der Waals surface area contributed by atoms with Crippen LogP contribution in [0.25, 0.3) is 0 Å². The molecule has 0 atom stereocenters. The highest BCUT2D eigenvalue weighted by Crippen LogP contribution is 2.43. The zero-order valence-corrected chi connectivity index (χ0v) is 9.14. The van der Waals surface area contributed by atoms with Crippen LogP contribution in [-0.4, -0.2) is 22.5 Å². The fourth-order valence-corrected chi connectivity index (χ4v) is 2.13. The van der Waals surface area contributed by atoms with Crippen molar-refractivity contribution in [3.8, 4) is 0 Å². The molecule has 0 bridgehead atoms. The van der Waals surface area contributed by atoms with Gasteiger partial charge in [0.1, 0.15) is 0 Å². The summed E-state index contributed by atoms with van der Waals surface area (Å²) < 4.78 is 0. The van der Waals surface area contributed by atoms with Crippen molar-refractivity contribution in [2.75, 3.05) is 5.01 Å². The molecule has 1 saturated carbocycles. The molecule has 17 heavy (non-hydrogen) atoms. The quantitative estimate of drug-likeness (QED) is 0.802. The van der Waals surface area contributed by atoms with Crippen LogP contribution in [0.3, 0.4) is 0 Å². The highest BCUT2D eigenvalue weighted by atomic mass is 16.4. The van der Waals surface area contributed by atoms with E-state index in [4.69, 9.17) is 5.11 Å². The number of amides is 1. The molecule has 1 saturated heterocycles. The standard InChI is InChI=1S/C12H12N2O3/c15-10-7-12(4-5-12)13-14(10)9-3-1-2-8(6-9)11(16)17/h1-3,6,13H,4-5,7H2,(H,16,17). The van der Waals surface area contributed by atoms with E-state index in [1.54, 1.807) is 12.1 Å². The molecule has 88 valence electrons. The summed E-state index contributed by atoms with van der Waals surface area (Å²) in [6, 6.07) is 6.40. The fourth-order valence-electron chi connectivity index (χ4n) is 2.13. The van der Waals surface area contributed by atoms with Crippen molar-refractivity contribution in [1.82, 2.24) is 5.43 Å². The van der Waals surface area contributed by atoms with E-state index in [-0.39, 0.29) is 17.0 Å². The first-order valence-corrected chi connectivity index (χ1v) is 5.54. The highest BCUT2D eigenvalue weighted by Gasteiger charge is 2.52. The average molecular weight is 232 g/mol. The molecule has 1 aliphatic heterocycles. The van der Waals surface area contributed by atoms with E-state index in [2.05, 4.69) is 5.43 Å². The normalized spacial score (nSPS) is 20.9. The minimum Gasteiger partial charge on any atom is -0.478 e. The number of aromatic carboxylic acids is 1. The lowest BCUT2D eigenvalue weighted by atomic mass is 10.2. The first-order valence-electron chi connectivity index (χ1n) is 5.54. The van der Waals surface area contributed by atoms with E-state index in [1.807, 2.05) is 0 Å². The molecule has 1 amide bonds. The molecule has 1 spiro atoms. The monoisotopic (exact) mass is 232 g/mol. The summed E-state index contributed by atoms with van der Waals surface area (Å²) in [5, 5.41) is 10.4. The SMILES string of the molecule is O=C(O)c1cccc(N2NC3(CC3)CC2=O)c1. The molecule has 0 unspecified atom stereocenters. The number of carbonyl (C=O) groups is 2. The number of nitrogens with one attached hydrogen (secondary N) is 1. The van der Waals surface area contributed by atoms with Gasteiger partial charge in [-0.05, 0) is 31.0 Å². The van der Waals surface area contributed by atoms with Crippen LogP contribution in [0.4, 0.5) is 5.69 Å². The number of carboxylic acids is 1. The molecule has 1 heterocycles. The number of rotatable bonds is 2. The Hall–Kier alpha value is -1.88. The van der Waals surface area contributed by atoms with Crippen LogP contribution in [0.2, 0.25) is 0 Å². The maximum absolute atomic E-state index is 11.8. The molecule has 2 aliphatic rings. The Morgan fingerprint density at radius 2 is 2.18 bits per heavy atom. The summed E-state index contributed by atoms with van der Waals surface area (Å²) in [5.41, 5.74) is 3.90. The van der Waals surface area contributed by atoms with Crippen molar-refractivity contribution < 1.29 is 14.7 Å². The molecule has 1 aromatic carbocycles. The van der Waals surface area contributed by atoms with Gasteiger partial charge in [0, 0.05) is 12.0 Å². The number of anilines is 1.